The maximum absolute atomic E-state index is 5.85. The van der Waals surface area contributed by atoms with Crippen LogP contribution >= 0.6 is 0 Å². The molecule has 0 aromatic heterocycles. The van der Waals surface area contributed by atoms with Crippen LogP contribution in [0.2, 0.25) is 0 Å². The van der Waals surface area contributed by atoms with E-state index in [-0.39, 0.29) is 0 Å². The maximum Gasteiger partial charge on any atom is 0.182 e. The van der Waals surface area contributed by atoms with Gasteiger partial charge in [0, 0.05) is 0 Å². The van der Waals surface area contributed by atoms with Crippen molar-refractivity contribution in [1.29, 1.82) is 0 Å². The van der Waals surface area contributed by atoms with Crippen LogP contribution in [0.15, 0.2) is 0 Å². The molecule has 0 atom stereocenters. The Balaban J connectivity index is 3.35. The molecule has 0 fully saturated rings. The number of hydrogen-bond donors (Lipinski definition) is 0. The lowest BCUT2D eigenvalue weighted by molar-refractivity contribution is -0.909. The predicted molar refractivity (Wildman–Crippen MR) is 89.9 cm³/mol. The largest absolute Gasteiger partial charge is 0.332 e. The molecule has 0 spiro atoms. The summed E-state index contributed by atoms with van der Waals surface area (Å²) >= 11 is 0. The molecule has 0 aliphatic carbocycles. The van der Waals surface area contributed by atoms with Gasteiger partial charge in [0.15, 0.2) is 6.73 Å². The van der Waals surface area contributed by atoms with E-state index < -0.39 is 0 Å². The van der Waals surface area contributed by atoms with E-state index in [1.165, 1.54) is 77.2 Å². The molecule has 0 aromatic carbocycles. The summed E-state index contributed by atoms with van der Waals surface area (Å²) in [6.45, 7) is 7.62. The quantitative estimate of drug-likeness (QED) is 0.223. The van der Waals surface area contributed by atoms with Crippen LogP contribution in [0.5, 0.6) is 0 Å². The molecule has 0 aliphatic rings. The zero-order chi connectivity index (χ0) is 15.1. The monoisotopic (exact) mass is 286 g/mol. The molecule has 2 heteroatoms. The van der Waals surface area contributed by atoms with Gasteiger partial charge in [0.1, 0.15) is 0 Å². The number of unbranched alkanes of at least 4 members (excludes halogenated alkanes) is 9. The topological polar surface area (TPSA) is 9.23 Å². The third-order valence-electron chi connectivity index (χ3n) is 3.95. The molecule has 0 unspecified atom stereocenters. The van der Waals surface area contributed by atoms with Crippen molar-refractivity contribution in [2.75, 3.05) is 34.0 Å². The first-order valence-corrected chi connectivity index (χ1v) is 9.02. The normalized spacial score (nSPS) is 12.0. The van der Waals surface area contributed by atoms with Crippen molar-refractivity contribution in [3.63, 3.8) is 0 Å². The average molecular weight is 287 g/mol. The Morgan fingerprint density at radius 3 is 1.75 bits per heavy atom. The lowest BCUT2D eigenvalue weighted by atomic mass is 10.1. The molecular weight excluding hydrogens is 246 g/mol. The van der Waals surface area contributed by atoms with E-state index in [2.05, 4.69) is 27.9 Å². The minimum absolute atomic E-state index is 0.878. The third kappa shape index (κ3) is 14.3. The van der Waals surface area contributed by atoms with Crippen LogP contribution in [0, 0.1) is 0 Å². The lowest BCUT2D eigenvalue weighted by Gasteiger charge is -2.29. The predicted octanol–water partition coefficient (Wildman–Crippen LogP) is 5.37. The highest BCUT2D eigenvalue weighted by atomic mass is 16.5. The highest BCUT2D eigenvalue weighted by Gasteiger charge is 2.13. The lowest BCUT2D eigenvalue weighted by Crippen LogP contribution is -2.42. The van der Waals surface area contributed by atoms with Crippen LogP contribution in [0.4, 0.5) is 0 Å². The fraction of sp³-hybridized carbons (Fsp3) is 1.00. The standard InChI is InChI=1S/C18H40NO/c1-5-7-9-11-12-14-16-19(3,4)18-20-17-15-13-10-8-6-2/h5-18H2,1-4H3/q+1. The third-order valence-corrected chi connectivity index (χ3v) is 3.95. The van der Waals surface area contributed by atoms with Gasteiger partial charge in [-0.05, 0) is 19.3 Å². The number of rotatable bonds is 15. The van der Waals surface area contributed by atoms with Gasteiger partial charge < -0.3 is 9.22 Å². The second kappa shape index (κ2) is 13.9. The molecule has 0 aromatic rings. The molecule has 122 valence electrons. The number of ether oxygens (including phenoxy) is 1. The van der Waals surface area contributed by atoms with Crippen molar-refractivity contribution < 1.29 is 9.22 Å². The van der Waals surface area contributed by atoms with Crippen molar-refractivity contribution in [1.82, 2.24) is 0 Å². The number of quaternary nitrogens is 1. The molecular formula is C18H40NO+. The summed E-state index contributed by atoms with van der Waals surface area (Å²) in [5.41, 5.74) is 0. The van der Waals surface area contributed by atoms with Crippen LogP contribution in [0.1, 0.15) is 84.5 Å². The van der Waals surface area contributed by atoms with E-state index in [4.69, 9.17) is 4.74 Å². The van der Waals surface area contributed by atoms with Gasteiger partial charge in [-0.25, -0.2) is 0 Å². The van der Waals surface area contributed by atoms with E-state index in [1.807, 2.05) is 0 Å². The Kier molecular flexibility index (Phi) is 13.8. The van der Waals surface area contributed by atoms with Gasteiger partial charge in [0.2, 0.25) is 0 Å². The first kappa shape index (κ1) is 19.9. The Hall–Kier alpha value is -0.0800. The minimum Gasteiger partial charge on any atom is -0.332 e. The van der Waals surface area contributed by atoms with E-state index in [1.54, 1.807) is 0 Å². The maximum atomic E-state index is 5.85. The summed E-state index contributed by atoms with van der Waals surface area (Å²) in [6, 6.07) is 0. The fourth-order valence-electron chi connectivity index (χ4n) is 2.50. The van der Waals surface area contributed by atoms with Crippen LogP contribution in [-0.2, 0) is 4.74 Å². The van der Waals surface area contributed by atoms with Crippen LogP contribution in [-0.4, -0.2) is 38.5 Å². The zero-order valence-electron chi connectivity index (χ0n) is 14.8. The fourth-order valence-corrected chi connectivity index (χ4v) is 2.50. The Morgan fingerprint density at radius 2 is 1.15 bits per heavy atom. The molecule has 0 saturated heterocycles. The van der Waals surface area contributed by atoms with Gasteiger partial charge in [0.05, 0.1) is 27.2 Å². The van der Waals surface area contributed by atoms with Gasteiger partial charge in [-0.2, -0.15) is 0 Å². The van der Waals surface area contributed by atoms with E-state index in [9.17, 15) is 0 Å². The summed E-state index contributed by atoms with van der Waals surface area (Å²) in [7, 11) is 4.59. The second-order valence-corrected chi connectivity index (χ2v) is 6.88. The molecule has 20 heavy (non-hydrogen) atoms. The van der Waals surface area contributed by atoms with Gasteiger partial charge in [0.25, 0.3) is 0 Å². The molecule has 0 N–H and O–H groups in total. The van der Waals surface area contributed by atoms with Crippen molar-refractivity contribution in [2.45, 2.75) is 84.5 Å². The Bertz CT molecular complexity index is 192. The first-order valence-electron chi connectivity index (χ1n) is 9.02. The highest BCUT2D eigenvalue weighted by Crippen LogP contribution is 2.09. The van der Waals surface area contributed by atoms with Gasteiger partial charge in [-0.1, -0.05) is 65.2 Å². The van der Waals surface area contributed by atoms with Gasteiger partial charge in [-0.15, -0.1) is 0 Å². The minimum atomic E-state index is 0.878. The molecule has 0 saturated carbocycles. The number of hydrogen-bond acceptors (Lipinski definition) is 1. The van der Waals surface area contributed by atoms with Gasteiger partial charge in [-0.3, -0.25) is 0 Å². The van der Waals surface area contributed by atoms with Crippen molar-refractivity contribution in [3.8, 4) is 0 Å². The Morgan fingerprint density at radius 1 is 0.650 bits per heavy atom. The second-order valence-electron chi connectivity index (χ2n) is 6.88. The van der Waals surface area contributed by atoms with Crippen molar-refractivity contribution >= 4 is 0 Å². The summed E-state index contributed by atoms with van der Waals surface area (Å²) in [6.07, 6.45) is 14.9. The highest BCUT2D eigenvalue weighted by molar-refractivity contribution is 4.44. The molecule has 2 nitrogen and oxygen atoms in total. The zero-order valence-corrected chi connectivity index (χ0v) is 14.8. The summed E-state index contributed by atoms with van der Waals surface area (Å²) in [5, 5.41) is 0. The van der Waals surface area contributed by atoms with E-state index in [0.29, 0.717) is 0 Å². The van der Waals surface area contributed by atoms with Crippen LogP contribution < -0.4 is 0 Å². The van der Waals surface area contributed by atoms with Gasteiger partial charge >= 0.3 is 0 Å². The van der Waals surface area contributed by atoms with Crippen molar-refractivity contribution in [2.24, 2.45) is 0 Å². The SMILES string of the molecule is CCCCCCCC[N+](C)(C)COCCCCCCC. The average Bonchev–Trinajstić information content (AvgIpc) is 2.41. The molecule has 0 radical (unpaired) electrons. The van der Waals surface area contributed by atoms with Crippen LogP contribution in [0.25, 0.3) is 0 Å². The smallest absolute Gasteiger partial charge is 0.182 e. The number of nitrogens with zero attached hydrogens (tertiary/aromatic N) is 1. The van der Waals surface area contributed by atoms with Crippen molar-refractivity contribution in [3.05, 3.63) is 0 Å². The molecule has 0 aliphatic heterocycles. The van der Waals surface area contributed by atoms with Crippen LogP contribution in [0.3, 0.4) is 0 Å². The molecule has 0 bridgehead atoms. The Labute approximate surface area is 128 Å². The summed E-state index contributed by atoms with van der Waals surface area (Å²) < 4.78 is 6.86. The molecule has 0 rings (SSSR count). The molecule has 0 heterocycles. The first-order chi connectivity index (χ1) is 9.62. The molecule has 0 amide bonds. The van der Waals surface area contributed by atoms with E-state index >= 15 is 0 Å². The van der Waals surface area contributed by atoms with E-state index in [0.717, 1.165) is 17.8 Å². The summed E-state index contributed by atoms with van der Waals surface area (Å²) in [4.78, 5) is 0. The summed E-state index contributed by atoms with van der Waals surface area (Å²) in [5.74, 6) is 0.